The van der Waals surface area contributed by atoms with Crippen molar-refractivity contribution < 1.29 is 25.2 Å². The third-order valence-electron chi connectivity index (χ3n) is 11.6. The zero-order valence-electron chi connectivity index (χ0n) is 37.8. The lowest BCUT2D eigenvalue weighted by Crippen LogP contribution is -2.53. The highest BCUT2D eigenvalue weighted by molar-refractivity contribution is 5.80. The average molecular weight is 804 g/mol. The molecule has 4 atom stereocenters. The van der Waals surface area contributed by atoms with Crippen molar-refractivity contribution in [2.45, 2.75) is 276 Å². The molecule has 0 aromatic heterocycles. The van der Waals surface area contributed by atoms with Crippen LogP contribution in [0.4, 0.5) is 0 Å². The quantitative estimate of drug-likeness (QED) is 0.0311. The molecule has 6 heteroatoms. The fraction of sp³-hybridized carbons (Fsp3) is 0.863. The van der Waals surface area contributed by atoms with E-state index in [0.29, 0.717) is 19.3 Å². The normalized spacial score (nSPS) is 14.3. The highest BCUT2D eigenvalue weighted by atomic mass is 16.3. The Morgan fingerprint density at radius 3 is 1.11 bits per heavy atom. The van der Waals surface area contributed by atoms with Crippen LogP contribution in [-0.4, -0.2) is 57.3 Å². The summed E-state index contributed by atoms with van der Waals surface area (Å²) < 4.78 is 0. The molecule has 0 fully saturated rings. The number of aliphatic hydroxyl groups is 4. The first kappa shape index (κ1) is 55.5. The Hall–Kier alpha value is -1.47. The van der Waals surface area contributed by atoms with Gasteiger partial charge in [-0.2, -0.15) is 0 Å². The summed E-state index contributed by atoms with van der Waals surface area (Å²) in [4.78, 5) is 12.5. The van der Waals surface area contributed by atoms with E-state index in [1.54, 1.807) is 0 Å². The van der Waals surface area contributed by atoms with Gasteiger partial charge in [-0.1, -0.05) is 211 Å². The Kier molecular flexibility index (Phi) is 44.4. The minimum Gasteiger partial charge on any atom is -0.394 e. The Morgan fingerprint density at radius 1 is 0.421 bits per heavy atom. The van der Waals surface area contributed by atoms with Crippen molar-refractivity contribution in [3.05, 3.63) is 36.5 Å². The van der Waals surface area contributed by atoms with Crippen LogP contribution in [0.3, 0.4) is 0 Å². The molecule has 5 N–H and O–H groups in total. The Balaban J connectivity index is 3.75. The molecule has 0 rings (SSSR count). The molecule has 0 aliphatic heterocycles. The molecule has 0 bridgehead atoms. The first-order valence-electron chi connectivity index (χ1n) is 24.9. The summed E-state index contributed by atoms with van der Waals surface area (Å²) in [6, 6.07) is -1.01. The average Bonchev–Trinajstić information content (AvgIpc) is 3.22. The van der Waals surface area contributed by atoms with Gasteiger partial charge in [-0.15, -0.1) is 0 Å². The molecule has 0 saturated carbocycles. The molecule has 57 heavy (non-hydrogen) atoms. The zero-order valence-corrected chi connectivity index (χ0v) is 37.8. The summed E-state index contributed by atoms with van der Waals surface area (Å²) in [5.41, 5.74) is 0. The molecule has 0 aromatic carbocycles. The topological polar surface area (TPSA) is 110 Å². The minimum absolute atomic E-state index is 0.353. The molecule has 0 aliphatic rings. The zero-order chi connectivity index (χ0) is 41.7. The van der Waals surface area contributed by atoms with Crippen molar-refractivity contribution in [3.63, 3.8) is 0 Å². The summed E-state index contributed by atoms with van der Waals surface area (Å²) in [5, 5.41) is 43.8. The molecule has 0 aromatic rings. The maximum Gasteiger partial charge on any atom is 0.249 e. The van der Waals surface area contributed by atoms with Gasteiger partial charge in [0.1, 0.15) is 12.2 Å². The maximum atomic E-state index is 12.5. The summed E-state index contributed by atoms with van der Waals surface area (Å²) in [6.07, 6.45) is 54.7. The number of rotatable bonds is 45. The summed E-state index contributed by atoms with van der Waals surface area (Å²) in [5.74, 6) is -0.601. The summed E-state index contributed by atoms with van der Waals surface area (Å²) in [7, 11) is 0. The van der Waals surface area contributed by atoms with Gasteiger partial charge in [-0.05, 0) is 77.0 Å². The third-order valence-corrected chi connectivity index (χ3v) is 11.6. The van der Waals surface area contributed by atoms with E-state index in [4.69, 9.17) is 0 Å². The van der Waals surface area contributed by atoms with Gasteiger partial charge in [0.2, 0.25) is 5.91 Å². The SMILES string of the molecule is CCCCCCCCCCCC/C=C/CC/C=C/CCCC(O)C(O)C(CO)NC(=O)C(O)CCCCCCCC/C=C\CCCCCCCCCCCCCC. The van der Waals surface area contributed by atoms with Crippen molar-refractivity contribution in [2.24, 2.45) is 0 Å². The molecule has 1 amide bonds. The fourth-order valence-corrected chi connectivity index (χ4v) is 7.59. The van der Waals surface area contributed by atoms with E-state index in [1.165, 1.54) is 167 Å². The van der Waals surface area contributed by atoms with E-state index in [-0.39, 0.29) is 0 Å². The van der Waals surface area contributed by atoms with Crippen molar-refractivity contribution in [1.82, 2.24) is 5.32 Å². The molecular weight excluding hydrogens is 707 g/mol. The van der Waals surface area contributed by atoms with Gasteiger partial charge in [0.15, 0.2) is 0 Å². The number of hydrogen-bond donors (Lipinski definition) is 5. The number of carbonyl (C=O) groups is 1. The molecule has 0 radical (unpaired) electrons. The monoisotopic (exact) mass is 804 g/mol. The first-order valence-corrected chi connectivity index (χ1v) is 24.9. The number of unbranched alkanes of at least 4 members (excludes halogenated alkanes) is 30. The summed E-state index contributed by atoms with van der Waals surface area (Å²) >= 11 is 0. The minimum atomic E-state index is -1.29. The molecule has 4 unspecified atom stereocenters. The van der Waals surface area contributed by atoms with Crippen molar-refractivity contribution in [3.8, 4) is 0 Å². The predicted molar refractivity (Wildman–Crippen MR) is 247 cm³/mol. The molecule has 0 saturated heterocycles. The Labute approximate surface area is 354 Å². The van der Waals surface area contributed by atoms with Crippen LogP contribution < -0.4 is 5.32 Å². The lowest BCUT2D eigenvalue weighted by Gasteiger charge is -2.27. The van der Waals surface area contributed by atoms with Crippen LogP contribution in [0.1, 0.15) is 251 Å². The highest BCUT2D eigenvalue weighted by Crippen LogP contribution is 2.16. The van der Waals surface area contributed by atoms with Crippen LogP contribution in [0.5, 0.6) is 0 Å². The van der Waals surface area contributed by atoms with Gasteiger partial charge in [-0.25, -0.2) is 0 Å². The maximum absolute atomic E-state index is 12.5. The van der Waals surface area contributed by atoms with Gasteiger partial charge < -0.3 is 25.7 Å². The van der Waals surface area contributed by atoms with Gasteiger partial charge in [0, 0.05) is 0 Å². The Bertz CT molecular complexity index is 904. The van der Waals surface area contributed by atoms with Crippen molar-refractivity contribution >= 4 is 5.91 Å². The van der Waals surface area contributed by atoms with Crippen LogP contribution in [0, 0.1) is 0 Å². The molecule has 0 heterocycles. The third kappa shape index (κ3) is 39.7. The second kappa shape index (κ2) is 45.6. The molecule has 0 spiro atoms. The summed E-state index contributed by atoms with van der Waals surface area (Å²) in [6.45, 7) is 4.05. The lowest BCUT2D eigenvalue weighted by molar-refractivity contribution is -0.132. The molecule has 336 valence electrons. The van der Waals surface area contributed by atoms with Gasteiger partial charge in [-0.3, -0.25) is 4.79 Å². The number of aliphatic hydroxyl groups excluding tert-OH is 4. The van der Waals surface area contributed by atoms with Crippen LogP contribution in [0.15, 0.2) is 36.5 Å². The first-order chi connectivity index (χ1) is 28.0. The second-order valence-electron chi connectivity index (χ2n) is 17.1. The Morgan fingerprint density at radius 2 is 0.737 bits per heavy atom. The number of amides is 1. The molecule has 6 nitrogen and oxygen atoms in total. The van der Waals surface area contributed by atoms with Crippen LogP contribution in [-0.2, 0) is 4.79 Å². The lowest BCUT2D eigenvalue weighted by atomic mass is 10.00. The van der Waals surface area contributed by atoms with E-state index in [9.17, 15) is 25.2 Å². The molecular formula is C51H97NO5. The van der Waals surface area contributed by atoms with E-state index >= 15 is 0 Å². The number of nitrogens with one attached hydrogen (secondary N) is 1. The van der Waals surface area contributed by atoms with Gasteiger partial charge in [0.25, 0.3) is 0 Å². The smallest absolute Gasteiger partial charge is 0.249 e. The second-order valence-corrected chi connectivity index (χ2v) is 17.1. The largest absolute Gasteiger partial charge is 0.394 e. The predicted octanol–water partition coefficient (Wildman–Crippen LogP) is 13.7. The van der Waals surface area contributed by atoms with Crippen molar-refractivity contribution in [2.75, 3.05) is 6.61 Å². The standard InChI is InChI=1S/C51H97NO5/c1-3-5-7-9-11-13-15-17-19-21-23-24-25-27-29-31-33-35-37-39-41-43-45-49(55)51(57)52-47(46-53)50(56)48(54)44-42-40-38-36-34-32-30-28-26-22-20-18-16-14-12-10-8-6-4-2/h27-30,36,38,47-50,53-56H,3-26,31-35,37,39-46H2,1-2H3,(H,52,57)/b29-27-,30-28+,38-36+. The number of carbonyl (C=O) groups excluding carboxylic acids is 1. The van der Waals surface area contributed by atoms with E-state index < -0.39 is 36.9 Å². The van der Waals surface area contributed by atoms with E-state index in [1.807, 2.05) is 0 Å². The van der Waals surface area contributed by atoms with Gasteiger partial charge in [0.05, 0.1) is 18.8 Å². The van der Waals surface area contributed by atoms with Crippen LogP contribution in [0.25, 0.3) is 0 Å². The van der Waals surface area contributed by atoms with E-state index in [2.05, 4.69) is 55.6 Å². The highest BCUT2D eigenvalue weighted by Gasteiger charge is 2.28. The number of hydrogen-bond acceptors (Lipinski definition) is 5. The van der Waals surface area contributed by atoms with E-state index in [0.717, 1.165) is 51.4 Å². The van der Waals surface area contributed by atoms with Crippen molar-refractivity contribution in [1.29, 1.82) is 0 Å². The van der Waals surface area contributed by atoms with Gasteiger partial charge >= 0.3 is 0 Å². The fourth-order valence-electron chi connectivity index (χ4n) is 7.59. The van der Waals surface area contributed by atoms with Crippen LogP contribution >= 0.6 is 0 Å². The number of allylic oxidation sites excluding steroid dienone is 6. The van der Waals surface area contributed by atoms with Crippen LogP contribution in [0.2, 0.25) is 0 Å². The molecule has 0 aliphatic carbocycles.